The van der Waals surface area contributed by atoms with Crippen LogP contribution < -0.4 is 0 Å². The molecule has 12 heteroatoms. The molecule has 8 aliphatic rings. The topological polar surface area (TPSA) is 0 Å². The van der Waals surface area contributed by atoms with Gasteiger partial charge < -0.3 is 0 Å². The SMILES string of the molecule is CC1=C2SCCCCSC3=C(C)S/C(=C\c4ccc(cc4)/C=C4\SC(C)=C(SCCCCSC5=C(C)S/C(=C\c6ccc(cc6)/C=C(/S1)S2)S5)S4)S3. The molecular formula is C40H40S12. The van der Waals surface area contributed by atoms with E-state index in [4.69, 9.17) is 0 Å². The van der Waals surface area contributed by atoms with E-state index in [0.717, 1.165) is 0 Å². The Kier molecular flexibility index (Phi) is 15.9. The highest BCUT2D eigenvalue weighted by Crippen LogP contribution is 2.57. The Bertz CT molecular complexity index is 1630. The van der Waals surface area contributed by atoms with Crippen molar-refractivity contribution in [2.75, 3.05) is 23.0 Å². The van der Waals surface area contributed by atoms with Crippen LogP contribution in [0.5, 0.6) is 0 Å². The van der Waals surface area contributed by atoms with Gasteiger partial charge in [-0.25, -0.2) is 0 Å². The van der Waals surface area contributed by atoms with E-state index in [-0.39, 0.29) is 0 Å². The van der Waals surface area contributed by atoms with Crippen LogP contribution >= 0.6 is 141 Å². The lowest BCUT2D eigenvalue weighted by atomic mass is 10.1. The van der Waals surface area contributed by atoms with E-state index < -0.39 is 0 Å². The van der Waals surface area contributed by atoms with Crippen LogP contribution in [0.2, 0.25) is 0 Å². The molecule has 8 aliphatic heterocycles. The summed E-state index contributed by atoms with van der Waals surface area (Å²) in [5, 5.41) is 0. The average molecular weight is 906 g/mol. The summed E-state index contributed by atoms with van der Waals surface area (Å²) in [4.78, 5) is 5.80. The summed E-state index contributed by atoms with van der Waals surface area (Å²) in [5.74, 6) is 4.75. The predicted molar refractivity (Wildman–Crippen MR) is 265 cm³/mol. The van der Waals surface area contributed by atoms with Gasteiger partial charge in [0.2, 0.25) is 0 Å². The lowest BCUT2D eigenvalue weighted by molar-refractivity contribution is 0.910. The Balaban J connectivity index is 0.983. The van der Waals surface area contributed by atoms with Gasteiger partial charge in [-0.1, -0.05) is 143 Å². The fraction of sp³-hybridized carbons (Fsp3) is 0.300. The van der Waals surface area contributed by atoms with Gasteiger partial charge in [-0.05, 0) is 123 Å². The molecule has 12 bridgehead atoms. The molecule has 0 atom stereocenters. The summed E-state index contributed by atoms with van der Waals surface area (Å²) < 4.78 is 11.5. The Morgan fingerprint density at radius 3 is 0.731 bits per heavy atom. The molecule has 0 saturated carbocycles. The van der Waals surface area contributed by atoms with E-state index in [0.29, 0.717) is 0 Å². The van der Waals surface area contributed by atoms with E-state index in [9.17, 15) is 0 Å². The summed E-state index contributed by atoms with van der Waals surface area (Å²) >= 11 is 23.7. The summed E-state index contributed by atoms with van der Waals surface area (Å²) in [6.07, 6.45) is 14.4. The van der Waals surface area contributed by atoms with Crippen molar-refractivity contribution < 1.29 is 0 Å². The molecule has 52 heavy (non-hydrogen) atoms. The van der Waals surface area contributed by atoms with Crippen LogP contribution in [0.15, 0.2) is 102 Å². The molecule has 0 saturated heterocycles. The number of thioether (sulfide) groups is 12. The zero-order valence-electron chi connectivity index (χ0n) is 29.5. The van der Waals surface area contributed by atoms with Gasteiger partial charge in [-0.2, -0.15) is 0 Å². The Morgan fingerprint density at radius 1 is 0.308 bits per heavy atom. The van der Waals surface area contributed by atoms with Crippen LogP contribution in [0.4, 0.5) is 0 Å². The van der Waals surface area contributed by atoms with Crippen molar-refractivity contribution in [3.8, 4) is 0 Å². The van der Waals surface area contributed by atoms with Gasteiger partial charge in [0.1, 0.15) is 0 Å². The zero-order chi connectivity index (χ0) is 35.9. The smallest absolute Gasteiger partial charge is 0.0551 e. The number of hydrogen-bond acceptors (Lipinski definition) is 12. The number of benzene rings is 2. The molecule has 0 nitrogen and oxygen atoms in total. The Labute approximate surface area is 362 Å². The van der Waals surface area contributed by atoms with Crippen LogP contribution in [-0.2, 0) is 0 Å². The third-order valence-corrected chi connectivity index (χ3v) is 24.2. The van der Waals surface area contributed by atoms with Crippen molar-refractivity contribution in [3.63, 3.8) is 0 Å². The predicted octanol–water partition coefficient (Wildman–Crippen LogP) is 17.8. The fourth-order valence-corrected chi connectivity index (χ4v) is 21.6. The molecule has 2 aromatic carbocycles. The molecular weight excluding hydrogens is 865 g/mol. The first-order chi connectivity index (χ1) is 25.3. The largest absolute Gasteiger partial charge is 0.118 e. The van der Waals surface area contributed by atoms with Crippen molar-refractivity contribution in [1.29, 1.82) is 0 Å². The van der Waals surface area contributed by atoms with Crippen molar-refractivity contribution in [3.05, 3.63) is 124 Å². The van der Waals surface area contributed by atoms with Gasteiger partial charge in [-0.3, -0.25) is 0 Å². The molecule has 0 spiro atoms. The Hall–Kier alpha value is 0.560. The van der Waals surface area contributed by atoms with Crippen molar-refractivity contribution in [1.82, 2.24) is 0 Å². The number of rotatable bonds is 0. The first-order valence-electron chi connectivity index (χ1n) is 17.2. The molecule has 0 fully saturated rings. The number of allylic oxidation sites excluding steroid dienone is 4. The van der Waals surface area contributed by atoms with Crippen LogP contribution in [0.25, 0.3) is 24.3 Å². The van der Waals surface area contributed by atoms with Crippen LogP contribution in [-0.4, -0.2) is 23.0 Å². The number of hydrogen-bond donors (Lipinski definition) is 0. The summed E-state index contributed by atoms with van der Waals surface area (Å²) in [5.41, 5.74) is 5.13. The summed E-state index contributed by atoms with van der Waals surface area (Å²) in [6, 6.07) is 18.2. The van der Waals surface area contributed by atoms with Gasteiger partial charge in [0.15, 0.2) is 0 Å². The highest BCUT2D eigenvalue weighted by Gasteiger charge is 2.22. The first-order valence-corrected chi connectivity index (χ1v) is 27.7. The summed E-state index contributed by atoms with van der Waals surface area (Å²) in [6.45, 7) is 9.13. The third kappa shape index (κ3) is 11.8. The lowest BCUT2D eigenvalue weighted by Crippen LogP contribution is -1.84. The van der Waals surface area contributed by atoms with Crippen molar-refractivity contribution in [2.45, 2.75) is 53.4 Å². The summed E-state index contributed by atoms with van der Waals surface area (Å²) in [7, 11) is 0. The Morgan fingerprint density at radius 2 is 0.519 bits per heavy atom. The maximum Gasteiger partial charge on any atom is 0.0551 e. The molecule has 272 valence electrons. The molecule has 10 rings (SSSR count). The van der Waals surface area contributed by atoms with Gasteiger partial charge >= 0.3 is 0 Å². The van der Waals surface area contributed by atoms with Crippen molar-refractivity contribution >= 4 is 165 Å². The minimum Gasteiger partial charge on any atom is -0.118 e. The maximum atomic E-state index is 2.36. The molecule has 0 N–H and O–H groups in total. The van der Waals surface area contributed by atoms with Crippen LogP contribution in [0.1, 0.15) is 75.6 Å². The molecule has 0 amide bonds. The van der Waals surface area contributed by atoms with Gasteiger partial charge in [0, 0.05) is 19.6 Å². The second-order valence-electron chi connectivity index (χ2n) is 12.2. The van der Waals surface area contributed by atoms with Gasteiger partial charge in [0.05, 0.1) is 33.9 Å². The van der Waals surface area contributed by atoms with E-state index in [1.807, 2.05) is 141 Å². The second-order valence-corrected chi connectivity index (χ2v) is 27.9. The molecule has 0 radical (unpaired) electrons. The minimum atomic E-state index is 1.19. The normalized spacial score (nSPS) is 25.6. The van der Waals surface area contributed by atoms with Crippen molar-refractivity contribution in [2.24, 2.45) is 0 Å². The van der Waals surface area contributed by atoms with Gasteiger partial charge in [-0.15, -0.1) is 47.0 Å². The first kappa shape index (κ1) is 40.7. The van der Waals surface area contributed by atoms with E-state index in [1.165, 1.54) is 124 Å². The lowest BCUT2D eigenvalue weighted by Gasteiger charge is -2.05. The minimum absolute atomic E-state index is 1.19. The molecule has 2 aromatic rings. The van der Waals surface area contributed by atoms with Gasteiger partial charge in [0.25, 0.3) is 0 Å². The third-order valence-electron chi connectivity index (χ3n) is 7.96. The standard InChI is InChI=1S/C40H40S12/c1-25-37-41-17-5-6-18-42-38-26(2)46-35(50-38)23-31-13-15-32(16-14-31)24-36-48-28(4)40(52-36)44-20-8-7-19-43-39-27(3)47-34(51-39)22-30-11-9-29(10-12-30)21-33(45-25)49-37/h9-16,21-24H,5-8,17-20H2,1-4H3/b33-21-,34-22+,35-23+,36-24+. The highest BCUT2D eigenvalue weighted by atomic mass is 32.3. The van der Waals surface area contributed by atoms with E-state index in [1.54, 1.807) is 0 Å². The van der Waals surface area contributed by atoms with E-state index >= 15 is 0 Å². The average Bonchev–Trinajstić information content (AvgIpc) is 3.87. The quantitative estimate of drug-likeness (QED) is 0.247. The molecule has 0 unspecified atom stereocenters. The second kappa shape index (κ2) is 20.3. The van der Waals surface area contributed by atoms with E-state index in [2.05, 4.69) is 101 Å². The molecule has 0 aromatic heterocycles. The fourth-order valence-electron chi connectivity index (χ4n) is 5.26. The monoisotopic (exact) mass is 904 g/mol. The molecule has 0 aliphatic carbocycles. The van der Waals surface area contributed by atoms with Crippen LogP contribution in [0, 0.1) is 0 Å². The zero-order valence-corrected chi connectivity index (χ0v) is 39.3. The van der Waals surface area contributed by atoms with Crippen LogP contribution in [0.3, 0.4) is 0 Å². The maximum absolute atomic E-state index is 2.36. The molecule has 8 heterocycles. The highest BCUT2D eigenvalue weighted by molar-refractivity contribution is 8.37.